The number of ether oxygens (including phenoxy) is 1. The molecule has 1 aromatic heterocycles. The lowest BCUT2D eigenvalue weighted by atomic mass is 10.1. The first kappa shape index (κ1) is 17.9. The molecule has 0 spiro atoms. The van der Waals surface area contributed by atoms with Crippen molar-refractivity contribution in [3.8, 4) is 17.0 Å². The van der Waals surface area contributed by atoms with E-state index in [-0.39, 0.29) is 12.5 Å². The summed E-state index contributed by atoms with van der Waals surface area (Å²) < 4.78 is 5.26. The number of hydrogen-bond acceptors (Lipinski definition) is 6. The van der Waals surface area contributed by atoms with Crippen molar-refractivity contribution in [3.05, 3.63) is 60.3 Å². The third kappa shape index (κ3) is 3.51. The number of methoxy groups -OCH3 is 1. The minimum atomic E-state index is -0.00982. The van der Waals surface area contributed by atoms with Gasteiger partial charge in [-0.3, -0.25) is 4.79 Å². The highest BCUT2D eigenvalue weighted by Crippen LogP contribution is 2.25. The fraction of sp³-hybridized carbons (Fsp3) is 0.238. The number of rotatable bonds is 4. The topological polar surface area (TPSA) is 71.5 Å². The Labute approximate surface area is 163 Å². The zero-order chi connectivity index (χ0) is 19.5. The smallest absolute Gasteiger partial charge is 0.246 e. The van der Waals surface area contributed by atoms with E-state index in [1.807, 2.05) is 60.4 Å². The maximum atomic E-state index is 12.8. The van der Waals surface area contributed by atoms with Crippen molar-refractivity contribution < 1.29 is 9.53 Å². The predicted octanol–water partition coefficient (Wildman–Crippen LogP) is 2.71. The van der Waals surface area contributed by atoms with Gasteiger partial charge in [-0.25, -0.2) is 4.98 Å². The van der Waals surface area contributed by atoms with Gasteiger partial charge < -0.3 is 14.5 Å². The lowest BCUT2D eigenvalue weighted by molar-refractivity contribution is -0.117. The molecule has 2 heterocycles. The Hall–Kier alpha value is -3.48. The number of carbonyl (C=O) groups is 1. The van der Waals surface area contributed by atoms with Crippen molar-refractivity contribution in [2.75, 3.05) is 36.5 Å². The molecule has 0 radical (unpaired) electrons. The molecule has 0 aliphatic carbocycles. The van der Waals surface area contributed by atoms with Crippen molar-refractivity contribution >= 4 is 17.5 Å². The molecular formula is C21H21N5O2. The number of aryl methyl sites for hydroxylation is 1. The van der Waals surface area contributed by atoms with E-state index in [0.717, 1.165) is 28.3 Å². The fourth-order valence-electron chi connectivity index (χ4n) is 3.31. The van der Waals surface area contributed by atoms with Gasteiger partial charge in [0.25, 0.3) is 0 Å². The molecule has 0 N–H and O–H groups in total. The van der Waals surface area contributed by atoms with Gasteiger partial charge in [-0.05, 0) is 24.6 Å². The van der Waals surface area contributed by atoms with Crippen LogP contribution in [0.15, 0.2) is 54.7 Å². The lowest BCUT2D eigenvalue weighted by Crippen LogP contribution is -2.51. The Morgan fingerprint density at radius 2 is 1.93 bits per heavy atom. The van der Waals surface area contributed by atoms with Crippen LogP contribution in [0.25, 0.3) is 11.3 Å². The second kappa shape index (κ2) is 7.64. The average molecular weight is 375 g/mol. The highest BCUT2D eigenvalue weighted by Gasteiger charge is 2.27. The Balaban J connectivity index is 1.54. The lowest BCUT2D eigenvalue weighted by Gasteiger charge is -2.34. The van der Waals surface area contributed by atoms with Gasteiger partial charge in [0.2, 0.25) is 11.9 Å². The normalized spacial score (nSPS) is 14.3. The standard InChI is InChI=1S/C21H21N5O2/c1-15-6-3-4-9-18(15)19-13-22-24-21(23-19)25-10-11-26(20(27)14-25)16-7-5-8-17(12-16)28-2/h3-9,12-13H,10-11,14H2,1-2H3. The highest BCUT2D eigenvalue weighted by atomic mass is 16.5. The Morgan fingerprint density at radius 1 is 1.07 bits per heavy atom. The number of piperazine rings is 1. The van der Waals surface area contributed by atoms with Crippen LogP contribution in [0.1, 0.15) is 5.56 Å². The first-order valence-electron chi connectivity index (χ1n) is 9.11. The van der Waals surface area contributed by atoms with Crippen LogP contribution in [-0.2, 0) is 4.79 Å². The van der Waals surface area contributed by atoms with Gasteiger partial charge in [0.05, 0.1) is 19.0 Å². The van der Waals surface area contributed by atoms with Crippen LogP contribution in [0, 0.1) is 6.92 Å². The summed E-state index contributed by atoms with van der Waals surface area (Å²) in [5.74, 6) is 1.19. The molecule has 4 rings (SSSR count). The molecule has 1 saturated heterocycles. The average Bonchev–Trinajstić information content (AvgIpc) is 2.74. The number of aromatic nitrogens is 3. The summed E-state index contributed by atoms with van der Waals surface area (Å²) >= 11 is 0. The van der Waals surface area contributed by atoms with Gasteiger partial charge in [0.1, 0.15) is 12.3 Å². The SMILES string of the molecule is COc1cccc(N2CCN(c3nncc(-c4ccccc4C)n3)CC2=O)c1. The summed E-state index contributed by atoms with van der Waals surface area (Å²) in [7, 11) is 1.62. The zero-order valence-electron chi connectivity index (χ0n) is 15.9. The van der Waals surface area contributed by atoms with Crippen molar-refractivity contribution in [2.24, 2.45) is 0 Å². The van der Waals surface area contributed by atoms with Gasteiger partial charge in [-0.15, -0.1) is 5.10 Å². The van der Waals surface area contributed by atoms with Gasteiger partial charge in [-0.1, -0.05) is 30.3 Å². The monoisotopic (exact) mass is 375 g/mol. The maximum absolute atomic E-state index is 12.8. The van der Waals surface area contributed by atoms with E-state index in [2.05, 4.69) is 15.2 Å². The molecule has 28 heavy (non-hydrogen) atoms. The highest BCUT2D eigenvalue weighted by molar-refractivity contribution is 5.97. The maximum Gasteiger partial charge on any atom is 0.246 e. The number of anilines is 2. The van der Waals surface area contributed by atoms with Crippen LogP contribution < -0.4 is 14.5 Å². The van der Waals surface area contributed by atoms with Gasteiger partial charge in [0, 0.05) is 30.4 Å². The van der Waals surface area contributed by atoms with Crippen LogP contribution >= 0.6 is 0 Å². The number of carbonyl (C=O) groups excluding carboxylic acids is 1. The van der Waals surface area contributed by atoms with Crippen LogP contribution in [0.5, 0.6) is 5.75 Å². The number of benzene rings is 2. The summed E-state index contributed by atoms with van der Waals surface area (Å²) in [5.41, 5.74) is 3.72. The quantitative estimate of drug-likeness (QED) is 0.698. The van der Waals surface area contributed by atoms with E-state index in [4.69, 9.17) is 4.74 Å². The van der Waals surface area contributed by atoms with Gasteiger partial charge in [-0.2, -0.15) is 5.10 Å². The number of amides is 1. The molecule has 1 aliphatic heterocycles. The van der Waals surface area contributed by atoms with Crippen LogP contribution in [0.4, 0.5) is 11.6 Å². The molecule has 0 atom stereocenters. The number of nitrogens with zero attached hydrogens (tertiary/aromatic N) is 5. The van der Waals surface area contributed by atoms with E-state index in [1.165, 1.54) is 0 Å². The molecule has 0 saturated carbocycles. The van der Waals surface area contributed by atoms with Crippen molar-refractivity contribution in [3.63, 3.8) is 0 Å². The Bertz CT molecular complexity index is 1010. The van der Waals surface area contributed by atoms with Gasteiger partial charge in [0.15, 0.2) is 0 Å². The summed E-state index contributed by atoms with van der Waals surface area (Å²) in [4.78, 5) is 21.0. The third-order valence-electron chi connectivity index (χ3n) is 4.84. The van der Waals surface area contributed by atoms with E-state index in [9.17, 15) is 4.79 Å². The molecule has 3 aromatic rings. The first-order valence-corrected chi connectivity index (χ1v) is 9.11. The molecular weight excluding hydrogens is 354 g/mol. The van der Waals surface area contributed by atoms with E-state index < -0.39 is 0 Å². The van der Waals surface area contributed by atoms with E-state index in [0.29, 0.717) is 19.0 Å². The van der Waals surface area contributed by atoms with Crippen molar-refractivity contribution in [1.29, 1.82) is 0 Å². The number of hydrogen-bond donors (Lipinski definition) is 0. The van der Waals surface area contributed by atoms with Crippen molar-refractivity contribution in [2.45, 2.75) is 6.92 Å². The summed E-state index contributed by atoms with van der Waals surface area (Å²) in [6, 6.07) is 15.5. The first-order chi connectivity index (χ1) is 13.7. The second-order valence-corrected chi connectivity index (χ2v) is 6.62. The third-order valence-corrected chi connectivity index (χ3v) is 4.84. The van der Waals surface area contributed by atoms with E-state index in [1.54, 1.807) is 18.2 Å². The molecule has 2 aromatic carbocycles. The second-order valence-electron chi connectivity index (χ2n) is 6.62. The molecule has 0 bridgehead atoms. The fourth-order valence-corrected chi connectivity index (χ4v) is 3.31. The molecule has 1 amide bonds. The summed E-state index contributed by atoms with van der Waals surface area (Å²) in [6.45, 7) is 3.41. The summed E-state index contributed by atoms with van der Waals surface area (Å²) in [5, 5.41) is 8.26. The molecule has 7 nitrogen and oxygen atoms in total. The van der Waals surface area contributed by atoms with Crippen molar-refractivity contribution in [1.82, 2.24) is 15.2 Å². The Kier molecular flexibility index (Phi) is 4.89. The molecule has 1 fully saturated rings. The molecule has 0 unspecified atom stereocenters. The zero-order valence-corrected chi connectivity index (χ0v) is 15.9. The van der Waals surface area contributed by atoms with Crippen LogP contribution in [0.3, 0.4) is 0 Å². The van der Waals surface area contributed by atoms with Crippen LogP contribution in [0.2, 0.25) is 0 Å². The van der Waals surface area contributed by atoms with Crippen LogP contribution in [-0.4, -0.2) is 47.8 Å². The largest absolute Gasteiger partial charge is 0.497 e. The summed E-state index contributed by atoms with van der Waals surface area (Å²) in [6.07, 6.45) is 1.65. The Morgan fingerprint density at radius 3 is 2.71 bits per heavy atom. The van der Waals surface area contributed by atoms with E-state index >= 15 is 0 Å². The molecule has 7 heteroatoms. The molecule has 142 valence electrons. The van der Waals surface area contributed by atoms with Gasteiger partial charge >= 0.3 is 0 Å². The predicted molar refractivity (Wildman–Crippen MR) is 108 cm³/mol. The minimum Gasteiger partial charge on any atom is -0.497 e. The molecule has 1 aliphatic rings. The minimum absolute atomic E-state index is 0.00982.